The number of hydrogen-bond donors (Lipinski definition) is 1. The molecule has 1 aliphatic heterocycles. The summed E-state index contributed by atoms with van der Waals surface area (Å²) in [5.41, 5.74) is 4.60. The fourth-order valence-corrected chi connectivity index (χ4v) is 5.39. The van der Waals surface area contributed by atoms with E-state index in [1.165, 1.54) is 5.56 Å². The van der Waals surface area contributed by atoms with Crippen molar-refractivity contribution in [2.24, 2.45) is 11.8 Å². The number of carbonyl (C=O) groups is 1. The molecule has 0 radical (unpaired) electrons. The number of Topliss-reactive ketones (excluding diaryl/α,β-unsaturated/α-hetero) is 1. The third-order valence-corrected chi connectivity index (χ3v) is 6.46. The van der Waals surface area contributed by atoms with E-state index < -0.39 is 11.4 Å². The van der Waals surface area contributed by atoms with Crippen LogP contribution >= 0.6 is 0 Å². The number of aliphatic hydroxyl groups is 1. The lowest BCUT2D eigenvalue weighted by Gasteiger charge is -2.25. The minimum absolute atomic E-state index is 0.0796. The van der Waals surface area contributed by atoms with Gasteiger partial charge in [0.25, 0.3) is 0 Å². The van der Waals surface area contributed by atoms with Crippen molar-refractivity contribution in [3.8, 4) is 0 Å². The number of aryl methyl sites for hydroxylation is 3. The first-order chi connectivity index (χ1) is 12.7. The van der Waals surface area contributed by atoms with Crippen molar-refractivity contribution in [3.63, 3.8) is 0 Å². The molecular formula is C23H30O4. The summed E-state index contributed by atoms with van der Waals surface area (Å²) in [6.45, 7) is 10.6. The van der Waals surface area contributed by atoms with Gasteiger partial charge in [0.15, 0.2) is 11.6 Å². The Bertz CT molecular complexity index is 810. The molecule has 0 bridgehead atoms. The molecule has 0 aromatic heterocycles. The van der Waals surface area contributed by atoms with E-state index in [0.717, 1.165) is 29.5 Å². The summed E-state index contributed by atoms with van der Waals surface area (Å²) in [5, 5.41) is 11.1. The van der Waals surface area contributed by atoms with Gasteiger partial charge in [-0.25, -0.2) is 0 Å². The Labute approximate surface area is 161 Å². The number of fused-ring (bicyclic) bond motifs is 1. The minimum Gasteiger partial charge on any atom is -0.511 e. The van der Waals surface area contributed by atoms with Crippen LogP contribution in [0.5, 0.6) is 0 Å². The highest BCUT2D eigenvalue weighted by Crippen LogP contribution is 2.55. The number of carbonyl (C=O) groups excluding carboxylic acids is 1. The molecule has 146 valence electrons. The van der Waals surface area contributed by atoms with Crippen LogP contribution in [0.3, 0.4) is 0 Å². The Morgan fingerprint density at radius 1 is 1.11 bits per heavy atom. The van der Waals surface area contributed by atoms with Crippen molar-refractivity contribution in [2.75, 3.05) is 6.61 Å². The third-order valence-electron chi connectivity index (χ3n) is 6.46. The van der Waals surface area contributed by atoms with Gasteiger partial charge in [0.2, 0.25) is 0 Å². The lowest BCUT2D eigenvalue weighted by atomic mass is 9.86. The average molecular weight is 370 g/mol. The highest BCUT2D eigenvalue weighted by atomic mass is 16.8. The van der Waals surface area contributed by atoms with Gasteiger partial charge >= 0.3 is 0 Å². The molecule has 4 nitrogen and oxygen atoms in total. The number of allylic oxidation sites excluding steroid dienone is 2. The molecule has 1 heterocycles. The van der Waals surface area contributed by atoms with E-state index in [9.17, 15) is 9.90 Å². The van der Waals surface area contributed by atoms with Gasteiger partial charge in [0.05, 0.1) is 17.8 Å². The van der Waals surface area contributed by atoms with E-state index in [-0.39, 0.29) is 23.4 Å². The highest BCUT2D eigenvalue weighted by Gasteiger charge is 2.59. The SMILES string of the molecule is CCc1cc(C)cc(CC)c1C1=C(O)C2CC3(COC(C)(C)O3)CC2C1=O. The van der Waals surface area contributed by atoms with Crippen molar-refractivity contribution in [2.45, 2.75) is 71.7 Å². The molecular weight excluding hydrogens is 340 g/mol. The predicted octanol–water partition coefficient (Wildman–Crippen LogP) is 4.52. The molecule has 27 heavy (non-hydrogen) atoms. The van der Waals surface area contributed by atoms with Crippen LogP contribution in [0.15, 0.2) is 17.9 Å². The second-order valence-electron chi connectivity index (χ2n) is 8.88. The van der Waals surface area contributed by atoms with E-state index in [1.54, 1.807) is 0 Å². The van der Waals surface area contributed by atoms with E-state index >= 15 is 0 Å². The number of ketones is 1. The van der Waals surface area contributed by atoms with Crippen molar-refractivity contribution >= 4 is 11.4 Å². The number of ether oxygens (including phenoxy) is 2. The molecule has 1 saturated heterocycles. The second kappa shape index (κ2) is 6.18. The Kier molecular flexibility index (Phi) is 4.28. The van der Waals surface area contributed by atoms with Gasteiger partial charge < -0.3 is 14.6 Å². The Balaban J connectivity index is 1.76. The standard InChI is InChI=1S/C23H30O4/c1-6-14-8-13(3)9-15(7-2)18(14)19-20(24)16-10-23(11-17(16)21(19)25)12-26-22(4,5)27-23/h8-9,16-17,24H,6-7,10-12H2,1-5H3. The van der Waals surface area contributed by atoms with Gasteiger partial charge in [0, 0.05) is 11.8 Å². The van der Waals surface area contributed by atoms with Crippen LogP contribution in [0.1, 0.15) is 62.8 Å². The maximum Gasteiger partial charge on any atom is 0.170 e. The van der Waals surface area contributed by atoms with Crippen LogP contribution in [0.25, 0.3) is 5.57 Å². The first kappa shape index (κ1) is 18.7. The zero-order chi connectivity index (χ0) is 19.6. The molecule has 1 saturated carbocycles. The Morgan fingerprint density at radius 3 is 2.19 bits per heavy atom. The van der Waals surface area contributed by atoms with E-state index in [2.05, 4.69) is 32.9 Å². The van der Waals surface area contributed by atoms with Gasteiger partial charge in [-0.3, -0.25) is 4.79 Å². The molecule has 4 heteroatoms. The Morgan fingerprint density at radius 2 is 1.70 bits per heavy atom. The normalized spacial score (nSPS) is 32.0. The number of rotatable bonds is 3. The van der Waals surface area contributed by atoms with Crippen molar-refractivity contribution in [3.05, 3.63) is 40.1 Å². The summed E-state index contributed by atoms with van der Waals surface area (Å²) in [6, 6.07) is 4.29. The maximum atomic E-state index is 13.4. The van der Waals surface area contributed by atoms with Crippen LogP contribution < -0.4 is 0 Å². The topological polar surface area (TPSA) is 55.8 Å². The van der Waals surface area contributed by atoms with Crippen LogP contribution in [-0.2, 0) is 27.1 Å². The van der Waals surface area contributed by atoms with E-state index in [4.69, 9.17) is 9.47 Å². The number of aliphatic hydroxyl groups excluding tert-OH is 1. The van der Waals surface area contributed by atoms with Crippen LogP contribution in [0.2, 0.25) is 0 Å². The van der Waals surface area contributed by atoms with Crippen molar-refractivity contribution in [1.29, 1.82) is 0 Å². The molecule has 0 amide bonds. The quantitative estimate of drug-likeness (QED) is 0.850. The predicted molar refractivity (Wildman–Crippen MR) is 105 cm³/mol. The first-order valence-corrected chi connectivity index (χ1v) is 10.1. The zero-order valence-electron chi connectivity index (χ0n) is 17.0. The molecule has 1 N–H and O–H groups in total. The third kappa shape index (κ3) is 2.85. The van der Waals surface area contributed by atoms with Gasteiger partial charge in [-0.15, -0.1) is 0 Å². The lowest BCUT2D eigenvalue weighted by Crippen LogP contribution is -2.32. The van der Waals surface area contributed by atoms with Gasteiger partial charge in [-0.1, -0.05) is 31.5 Å². The van der Waals surface area contributed by atoms with Gasteiger partial charge in [0.1, 0.15) is 5.76 Å². The van der Waals surface area contributed by atoms with E-state index in [0.29, 0.717) is 25.0 Å². The minimum atomic E-state index is -0.619. The zero-order valence-corrected chi connectivity index (χ0v) is 17.0. The molecule has 2 fully saturated rings. The van der Waals surface area contributed by atoms with Crippen LogP contribution in [0.4, 0.5) is 0 Å². The molecule has 2 aliphatic carbocycles. The summed E-state index contributed by atoms with van der Waals surface area (Å²) in [7, 11) is 0. The average Bonchev–Trinajstić information content (AvgIpc) is 3.20. The fraction of sp³-hybridized carbons (Fsp3) is 0.609. The van der Waals surface area contributed by atoms with Gasteiger partial charge in [-0.2, -0.15) is 0 Å². The van der Waals surface area contributed by atoms with Crippen LogP contribution in [0, 0.1) is 18.8 Å². The summed E-state index contributed by atoms with van der Waals surface area (Å²) >= 11 is 0. The summed E-state index contributed by atoms with van der Waals surface area (Å²) in [6.07, 6.45) is 2.97. The molecule has 4 rings (SSSR count). The highest BCUT2D eigenvalue weighted by molar-refractivity contribution is 6.25. The summed E-state index contributed by atoms with van der Waals surface area (Å²) in [4.78, 5) is 13.4. The van der Waals surface area contributed by atoms with Crippen molar-refractivity contribution in [1.82, 2.24) is 0 Å². The monoisotopic (exact) mass is 370 g/mol. The number of benzene rings is 1. The number of hydrogen-bond acceptors (Lipinski definition) is 4. The van der Waals surface area contributed by atoms with Gasteiger partial charge in [-0.05, 0) is 63.1 Å². The Hall–Kier alpha value is -1.65. The molecule has 1 aromatic rings. The smallest absolute Gasteiger partial charge is 0.170 e. The van der Waals surface area contributed by atoms with Crippen LogP contribution in [-0.4, -0.2) is 28.9 Å². The maximum absolute atomic E-state index is 13.4. The molecule has 3 unspecified atom stereocenters. The first-order valence-electron chi connectivity index (χ1n) is 10.1. The summed E-state index contributed by atoms with van der Waals surface area (Å²) < 4.78 is 11.9. The second-order valence-corrected chi connectivity index (χ2v) is 8.88. The molecule has 1 aromatic carbocycles. The van der Waals surface area contributed by atoms with E-state index in [1.807, 2.05) is 13.8 Å². The lowest BCUT2D eigenvalue weighted by molar-refractivity contribution is -0.161. The summed E-state index contributed by atoms with van der Waals surface area (Å²) in [5.74, 6) is -0.626. The molecule has 1 spiro atoms. The molecule has 3 aliphatic rings. The molecule has 3 atom stereocenters. The fourth-order valence-electron chi connectivity index (χ4n) is 5.39. The van der Waals surface area contributed by atoms with Crippen molar-refractivity contribution < 1.29 is 19.4 Å². The largest absolute Gasteiger partial charge is 0.511 e.